The molecule has 0 amide bonds. The third-order valence-electron chi connectivity index (χ3n) is 3.49. The zero-order valence-corrected chi connectivity index (χ0v) is 11.5. The minimum absolute atomic E-state index is 0.704. The first kappa shape index (κ1) is 12.9. The van der Waals surface area contributed by atoms with E-state index in [1.165, 1.54) is 27.9 Å². The first-order chi connectivity index (χ1) is 8.61. The van der Waals surface area contributed by atoms with Crippen LogP contribution in [0.1, 0.15) is 27.9 Å². The smallest absolute Gasteiger partial charge is 0.0478 e. The summed E-state index contributed by atoms with van der Waals surface area (Å²) in [6.45, 7) is 8.19. The van der Waals surface area contributed by atoms with Gasteiger partial charge in [0.15, 0.2) is 0 Å². The normalized spacial score (nSPS) is 10.9. The lowest BCUT2D eigenvalue weighted by Gasteiger charge is -2.14. The summed E-state index contributed by atoms with van der Waals surface area (Å²) >= 11 is 0. The molecule has 0 spiro atoms. The average molecular weight is 242 g/mol. The molecule has 1 aromatic carbocycles. The second kappa shape index (κ2) is 5.40. The van der Waals surface area contributed by atoms with E-state index < -0.39 is 0 Å². The molecule has 2 nitrogen and oxygen atoms in total. The molecule has 1 aromatic heterocycles. The molecule has 2 rings (SSSR count). The van der Waals surface area contributed by atoms with Gasteiger partial charge < -0.3 is 10.3 Å². The standard InChI is InChI=1S/C16H22N2/c1-12-9-13(2)16(14(3)10-12)11-18-8-4-5-15(18)6-7-17/h4-5,8-10H,6-7,11,17H2,1-3H3. The molecule has 0 radical (unpaired) electrons. The summed E-state index contributed by atoms with van der Waals surface area (Å²) in [6.07, 6.45) is 3.08. The Kier molecular flexibility index (Phi) is 3.87. The largest absolute Gasteiger partial charge is 0.347 e. The molecule has 0 saturated carbocycles. The zero-order chi connectivity index (χ0) is 13.1. The molecular weight excluding hydrogens is 220 g/mol. The number of nitrogens with two attached hydrogens (primary N) is 1. The molecule has 2 aromatic rings. The van der Waals surface area contributed by atoms with Crippen molar-refractivity contribution in [1.82, 2.24) is 4.57 Å². The number of hydrogen-bond acceptors (Lipinski definition) is 1. The van der Waals surface area contributed by atoms with Gasteiger partial charge in [-0.1, -0.05) is 17.7 Å². The van der Waals surface area contributed by atoms with Gasteiger partial charge in [0.2, 0.25) is 0 Å². The number of hydrogen-bond donors (Lipinski definition) is 1. The van der Waals surface area contributed by atoms with Crippen molar-refractivity contribution in [1.29, 1.82) is 0 Å². The van der Waals surface area contributed by atoms with E-state index in [1.54, 1.807) is 0 Å². The summed E-state index contributed by atoms with van der Waals surface area (Å²) in [5, 5.41) is 0. The second-order valence-corrected chi connectivity index (χ2v) is 5.04. The molecule has 0 aliphatic rings. The molecular formula is C16H22N2. The van der Waals surface area contributed by atoms with Crippen molar-refractivity contribution in [3.63, 3.8) is 0 Å². The molecule has 18 heavy (non-hydrogen) atoms. The van der Waals surface area contributed by atoms with Crippen LogP contribution < -0.4 is 5.73 Å². The molecule has 96 valence electrons. The highest BCUT2D eigenvalue weighted by molar-refractivity contribution is 5.37. The van der Waals surface area contributed by atoms with Crippen molar-refractivity contribution in [3.8, 4) is 0 Å². The third kappa shape index (κ3) is 2.65. The highest BCUT2D eigenvalue weighted by Crippen LogP contribution is 2.18. The van der Waals surface area contributed by atoms with Crippen molar-refractivity contribution < 1.29 is 0 Å². The Hall–Kier alpha value is -1.54. The molecule has 0 bridgehead atoms. The minimum Gasteiger partial charge on any atom is -0.347 e. The maximum Gasteiger partial charge on any atom is 0.0478 e. The van der Waals surface area contributed by atoms with Crippen molar-refractivity contribution in [2.24, 2.45) is 5.73 Å². The number of aromatic nitrogens is 1. The van der Waals surface area contributed by atoms with Gasteiger partial charge in [-0.2, -0.15) is 0 Å². The summed E-state index contributed by atoms with van der Waals surface area (Å²) in [7, 11) is 0. The Bertz CT molecular complexity index is 515. The van der Waals surface area contributed by atoms with E-state index in [0.717, 1.165) is 13.0 Å². The van der Waals surface area contributed by atoms with Gasteiger partial charge in [0.1, 0.15) is 0 Å². The Morgan fingerprint density at radius 1 is 1.11 bits per heavy atom. The van der Waals surface area contributed by atoms with E-state index in [4.69, 9.17) is 5.73 Å². The van der Waals surface area contributed by atoms with Gasteiger partial charge in [-0.25, -0.2) is 0 Å². The van der Waals surface area contributed by atoms with E-state index >= 15 is 0 Å². The maximum absolute atomic E-state index is 5.65. The Balaban J connectivity index is 2.31. The lowest BCUT2D eigenvalue weighted by Crippen LogP contribution is -2.10. The highest BCUT2D eigenvalue weighted by atomic mass is 15.0. The quantitative estimate of drug-likeness (QED) is 0.878. The van der Waals surface area contributed by atoms with Crippen LogP contribution in [0.4, 0.5) is 0 Å². The molecule has 1 heterocycles. The van der Waals surface area contributed by atoms with Crippen molar-refractivity contribution in [2.45, 2.75) is 33.7 Å². The van der Waals surface area contributed by atoms with Crippen LogP contribution in [-0.4, -0.2) is 11.1 Å². The summed E-state index contributed by atoms with van der Waals surface area (Å²) in [5.41, 5.74) is 12.5. The molecule has 0 atom stereocenters. The number of benzene rings is 1. The first-order valence-corrected chi connectivity index (χ1v) is 6.52. The lowest BCUT2D eigenvalue weighted by atomic mass is 10.00. The monoisotopic (exact) mass is 242 g/mol. The van der Waals surface area contributed by atoms with Crippen molar-refractivity contribution >= 4 is 0 Å². The van der Waals surface area contributed by atoms with Gasteiger partial charge in [-0.05, 0) is 62.6 Å². The molecule has 0 aliphatic heterocycles. The van der Waals surface area contributed by atoms with Crippen LogP contribution in [0, 0.1) is 20.8 Å². The fraction of sp³-hybridized carbons (Fsp3) is 0.375. The van der Waals surface area contributed by atoms with Crippen LogP contribution >= 0.6 is 0 Å². The maximum atomic E-state index is 5.65. The van der Waals surface area contributed by atoms with Gasteiger partial charge in [-0.15, -0.1) is 0 Å². The molecule has 2 heteroatoms. The summed E-state index contributed by atoms with van der Waals surface area (Å²) in [5.74, 6) is 0. The number of aryl methyl sites for hydroxylation is 3. The predicted molar refractivity (Wildman–Crippen MR) is 76.9 cm³/mol. The topological polar surface area (TPSA) is 30.9 Å². The van der Waals surface area contributed by atoms with Crippen LogP contribution in [0.5, 0.6) is 0 Å². The van der Waals surface area contributed by atoms with Crippen LogP contribution in [0.25, 0.3) is 0 Å². The van der Waals surface area contributed by atoms with Gasteiger partial charge in [-0.3, -0.25) is 0 Å². The molecule has 0 saturated heterocycles. The molecule has 0 aliphatic carbocycles. The van der Waals surface area contributed by atoms with Crippen LogP contribution in [0.15, 0.2) is 30.5 Å². The fourth-order valence-electron chi connectivity index (χ4n) is 2.61. The summed E-state index contributed by atoms with van der Waals surface area (Å²) in [6, 6.07) is 8.78. The van der Waals surface area contributed by atoms with E-state index in [9.17, 15) is 0 Å². The van der Waals surface area contributed by atoms with Crippen LogP contribution in [0.3, 0.4) is 0 Å². The van der Waals surface area contributed by atoms with Gasteiger partial charge in [0.25, 0.3) is 0 Å². The molecule has 0 unspecified atom stereocenters. The Labute approximate surface area is 109 Å². The average Bonchev–Trinajstić information content (AvgIpc) is 2.71. The predicted octanol–water partition coefficient (Wildman–Crippen LogP) is 2.96. The second-order valence-electron chi connectivity index (χ2n) is 5.04. The lowest BCUT2D eigenvalue weighted by molar-refractivity contribution is 0.730. The third-order valence-corrected chi connectivity index (χ3v) is 3.49. The molecule has 2 N–H and O–H groups in total. The minimum atomic E-state index is 0.704. The van der Waals surface area contributed by atoms with Crippen LogP contribution in [-0.2, 0) is 13.0 Å². The number of rotatable bonds is 4. The van der Waals surface area contributed by atoms with E-state index in [0.29, 0.717) is 6.54 Å². The van der Waals surface area contributed by atoms with E-state index in [-0.39, 0.29) is 0 Å². The fourth-order valence-corrected chi connectivity index (χ4v) is 2.61. The summed E-state index contributed by atoms with van der Waals surface area (Å²) < 4.78 is 2.30. The van der Waals surface area contributed by atoms with Gasteiger partial charge in [0.05, 0.1) is 0 Å². The van der Waals surface area contributed by atoms with Crippen LogP contribution in [0.2, 0.25) is 0 Å². The van der Waals surface area contributed by atoms with Gasteiger partial charge >= 0.3 is 0 Å². The van der Waals surface area contributed by atoms with Crippen molar-refractivity contribution in [3.05, 3.63) is 58.4 Å². The highest BCUT2D eigenvalue weighted by Gasteiger charge is 2.06. The summed E-state index contributed by atoms with van der Waals surface area (Å²) in [4.78, 5) is 0. The van der Waals surface area contributed by atoms with E-state index in [2.05, 4.69) is 55.8 Å². The van der Waals surface area contributed by atoms with E-state index in [1.807, 2.05) is 0 Å². The number of nitrogens with zero attached hydrogens (tertiary/aromatic N) is 1. The van der Waals surface area contributed by atoms with Gasteiger partial charge in [0, 0.05) is 18.4 Å². The molecule has 0 fully saturated rings. The zero-order valence-electron chi connectivity index (χ0n) is 11.5. The SMILES string of the molecule is Cc1cc(C)c(Cn2cccc2CCN)c(C)c1. The Morgan fingerprint density at radius 3 is 2.39 bits per heavy atom. The Morgan fingerprint density at radius 2 is 1.78 bits per heavy atom. The van der Waals surface area contributed by atoms with Crippen molar-refractivity contribution in [2.75, 3.05) is 6.54 Å². The first-order valence-electron chi connectivity index (χ1n) is 6.52.